The van der Waals surface area contributed by atoms with Crippen LogP contribution in [0, 0.1) is 5.82 Å². The number of sulfonamides is 1. The number of nitrogens with zero attached hydrogens (tertiary/aromatic N) is 1. The summed E-state index contributed by atoms with van der Waals surface area (Å²) in [4.78, 5) is -0.277. The maximum absolute atomic E-state index is 14.6. The van der Waals surface area contributed by atoms with Gasteiger partial charge >= 0.3 is 0 Å². The Morgan fingerprint density at radius 2 is 1.95 bits per heavy atom. The lowest BCUT2D eigenvalue weighted by molar-refractivity contribution is 0.366. The Kier molecular flexibility index (Phi) is 6.77. The number of halogens is 2. The van der Waals surface area contributed by atoms with Gasteiger partial charge in [-0.15, -0.1) is 0 Å². The van der Waals surface area contributed by atoms with Crippen molar-refractivity contribution < 1.29 is 12.8 Å². The van der Waals surface area contributed by atoms with Crippen LogP contribution >= 0.6 is 15.9 Å². The van der Waals surface area contributed by atoms with Crippen molar-refractivity contribution in [3.63, 3.8) is 0 Å². The first kappa shape index (κ1) is 18.5. The minimum Gasteiger partial charge on any atom is -0.313 e. The fourth-order valence-electron chi connectivity index (χ4n) is 2.13. The Balaban J connectivity index is 3.38. The van der Waals surface area contributed by atoms with Crippen molar-refractivity contribution in [3.05, 3.63) is 28.0 Å². The van der Waals surface area contributed by atoms with Crippen molar-refractivity contribution in [1.82, 2.24) is 9.62 Å². The summed E-state index contributed by atoms with van der Waals surface area (Å²) >= 11 is 3.26. The second-order valence-corrected chi connectivity index (χ2v) is 7.73. The van der Waals surface area contributed by atoms with Crippen molar-refractivity contribution in [2.24, 2.45) is 0 Å². The molecule has 0 amide bonds. The summed E-state index contributed by atoms with van der Waals surface area (Å²) in [5.74, 6) is -0.682. The predicted molar refractivity (Wildman–Crippen MR) is 86.2 cm³/mol. The van der Waals surface area contributed by atoms with Gasteiger partial charge in [0.2, 0.25) is 10.0 Å². The van der Waals surface area contributed by atoms with Gasteiger partial charge in [-0.3, -0.25) is 0 Å². The fourth-order valence-corrected chi connectivity index (χ4v) is 4.57. The first-order chi connectivity index (χ1) is 9.75. The molecule has 0 radical (unpaired) electrons. The van der Waals surface area contributed by atoms with Crippen LogP contribution in [0.3, 0.4) is 0 Å². The molecule has 0 aliphatic carbocycles. The van der Waals surface area contributed by atoms with Crippen LogP contribution in [0.1, 0.15) is 33.3 Å². The van der Waals surface area contributed by atoms with Gasteiger partial charge in [0.1, 0.15) is 10.7 Å². The molecule has 1 aromatic carbocycles. The lowest BCUT2D eigenvalue weighted by Gasteiger charge is -2.25. The molecule has 120 valence electrons. The standard InChI is InChI=1S/C14H22BrFN2O2S/c1-5-17-9-11-7-12(15)8-13(14(11)16)21(19,20)18(6-2)10(3)4/h7-8,10,17H,5-6,9H2,1-4H3. The maximum Gasteiger partial charge on any atom is 0.246 e. The van der Waals surface area contributed by atoms with Crippen LogP contribution in [0.15, 0.2) is 21.5 Å². The van der Waals surface area contributed by atoms with Gasteiger partial charge in [0.05, 0.1) is 0 Å². The second kappa shape index (κ2) is 7.67. The van der Waals surface area contributed by atoms with Crippen LogP contribution in [-0.2, 0) is 16.6 Å². The van der Waals surface area contributed by atoms with Crippen molar-refractivity contribution in [3.8, 4) is 0 Å². The van der Waals surface area contributed by atoms with Gasteiger partial charge in [0, 0.05) is 29.2 Å². The molecule has 0 unspecified atom stereocenters. The minimum absolute atomic E-state index is 0.226. The average molecular weight is 381 g/mol. The number of hydrogen-bond acceptors (Lipinski definition) is 3. The summed E-state index contributed by atoms with van der Waals surface area (Å²) in [7, 11) is -3.85. The van der Waals surface area contributed by atoms with E-state index in [0.29, 0.717) is 23.1 Å². The molecule has 0 aliphatic rings. The summed E-state index contributed by atoms with van der Waals surface area (Å²) in [5, 5.41) is 3.01. The summed E-state index contributed by atoms with van der Waals surface area (Å²) in [6.45, 7) is 8.47. The Labute approximate surface area is 134 Å². The molecule has 0 aromatic heterocycles. The number of rotatable bonds is 7. The molecule has 0 spiro atoms. The zero-order chi connectivity index (χ0) is 16.2. The summed E-state index contributed by atoms with van der Waals surface area (Å²) in [6, 6.07) is 2.70. The predicted octanol–water partition coefficient (Wildman–Crippen LogP) is 3.12. The van der Waals surface area contributed by atoms with Gasteiger partial charge in [0.15, 0.2) is 0 Å². The Bertz CT molecular complexity index is 591. The normalized spacial score (nSPS) is 12.4. The molecular formula is C14H22BrFN2O2S. The highest BCUT2D eigenvalue weighted by atomic mass is 79.9. The Hall–Kier alpha value is -0.500. The van der Waals surface area contributed by atoms with E-state index in [2.05, 4.69) is 21.2 Å². The lowest BCUT2D eigenvalue weighted by Crippen LogP contribution is -2.37. The third kappa shape index (κ3) is 4.25. The molecule has 1 N–H and O–H groups in total. The van der Waals surface area contributed by atoms with E-state index in [9.17, 15) is 12.8 Å². The highest BCUT2D eigenvalue weighted by molar-refractivity contribution is 9.10. The molecule has 0 saturated heterocycles. The smallest absolute Gasteiger partial charge is 0.246 e. The number of hydrogen-bond donors (Lipinski definition) is 1. The van der Waals surface area contributed by atoms with Crippen molar-refractivity contribution in [2.45, 2.75) is 45.2 Å². The van der Waals surface area contributed by atoms with Gasteiger partial charge in [0.25, 0.3) is 0 Å². The van der Waals surface area contributed by atoms with E-state index in [1.165, 1.54) is 10.4 Å². The SMILES string of the molecule is CCNCc1cc(Br)cc(S(=O)(=O)N(CC)C(C)C)c1F. The maximum atomic E-state index is 14.6. The fraction of sp³-hybridized carbons (Fsp3) is 0.571. The van der Waals surface area contributed by atoms with E-state index in [1.54, 1.807) is 26.8 Å². The first-order valence-electron chi connectivity index (χ1n) is 6.96. The second-order valence-electron chi connectivity index (χ2n) is 4.96. The monoisotopic (exact) mass is 380 g/mol. The van der Waals surface area contributed by atoms with Crippen LogP contribution < -0.4 is 5.32 Å². The van der Waals surface area contributed by atoms with E-state index >= 15 is 0 Å². The third-order valence-electron chi connectivity index (χ3n) is 3.12. The molecule has 0 fully saturated rings. The molecule has 21 heavy (non-hydrogen) atoms. The minimum atomic E-state index is -3.85. The van der Waals surface area contributed by atoms with Crippen LogP contribution in [0.25, 0.3) is 0 Å². The highest BCUT2D eigenvalue weighted by Crippen LogP contribution is 2.27. The summed E-state index contributed by atoms with van der Waals surface area (Å²) in [5.41, 5.74) is 0.338. The van der Waals surface area contributed by atoms with Crippen LogP contribution in [0.5, 0.6) is 0 Å². The lowest BCUT2D eigenvalue weighted by atomic mass is 10.2. The van der Waals surface area contributed by atoms with Crippen LogP contribution in [0.4, 0.5) is 4.39 Å². The zero-order valence-electron chi connectivity index (χ0n) is 12.8. The van der Waals surface area contributed by atoms with Gasteiger partial charge in [-0.25, -0.2) is 12.8 Å². The molecule has 1 rings (SSSR count). The molecule has 0 bridgehead atoms. The molecule has 4 nitrogen and oxygen atoms in total. The van der Waals surface area contributed by atoms with Gasteiger partial charge < -0.3 is 5.32 Å². The first-order valence-corrected chi connectivity index (χ1v) is 9.19. The van der Waals surface area contributed by atoms with Gasteiger partial charge in [-0.1, -0.05) is 29.8 Å². The summed E-state index contributed by atoms with van der Waals surface area (Å²) < 4.78 is 41.7. The average Bonchev–Trinajstić information content (AvgIpc) is 2.39. The molecule has 1 aromatic rings. The topological polar surface area (TPSA) is 49.4 Å². The van der Waals surface area contributed by atoms with Crippen LogP contribution in [-0.4, -0.2) is 31.9 Å². The molecule has 0 aliphatic heterocycles. The van der Waals surface area contributed by atoms with Gasteiger partial charge in [-0.2, -0.15) is 4.31 Å². The largest absolute Gasteiger partial charge is 0.313 e. The zero-order valence-corrected chi connectivity index (χ0v) is 15.2. The summed E-state index contributed by atoms with van der Waals surface area (Å²) in [6.07, 6.45) is 0. The quantitative estimate of drug-likeness (QED) is 0.790. The van der Waals surface area contributed by atoms with E-state index in [0.717, 1.165) is 0 Å². The van der Waals surface area contributed by atoms with Gasteiger partial charge in [-0.05, 0) is 32.5 Å². The third-order valence-corrected chi connectivity index (χ3v) is 5.73. The molecular weight excluding hydrogens is 359 g/mol. The van der Waals surface area contributed by atoms with Crippen molar-refractivity contribution >= 4 is 26.0 Å². The van der Waals surface area contributed by atoms with E-state index in [-0.39, 0.29) is 17.5 Å². The molecule has 0 atom stereocenters. The molecule has 0 saturated carbocycles. The van der Waals surface area contributed by atoms with Crippen LogP contribution in [0.2, 0.25) is 0 Å². The van der Waals surface area contributed by atoms with E-state index in [1.807, 2.05) is 6.92 Å². The van der Waals surface area contributed by atoms with Crippen molar-refractivity contribution in [1.29, 1.82) is 0 Å². The van der Waals surface area contributed by atoms with Crippen molar-refractivity contribution in [2.75, 3.05) is 13.1 Å². The highest BCUT2D eigenvalue weighted by Gasteiger charge is 2.29. The van der Waals surface area contributed by atoms with E-state index in [4.69, 9.17) is 0 Å². The Morgan fingerprint density at radius 1 is 1.33 bits per heavy atom. The number of benzene rings is 1. The molecule has 0 heterocycles. The molecule has 7 heteroatoms. The Morgan fingerprint density at radius 3 is 2.43 bits per heavy atom. The van der Waals surface area contributed by atoms with E-state index < -0.39 is 15.8 Å². The number of nitrogens with one attached hydrogen (secondary N) is 1.